The van der Waals surface area contributed by atoms with Crippen LogP contribution < -0.4 is 11.1 Å². The molecule has 2 aromatic carbocycles. The first-order valence-corrected chi connectivity index (χ1v) is 6.28. The van der Waals surface area contributed by atoms with Gasteiger partial charge >= 0.3 is 0 Å². The number of rotatable bonds is 4. The fraction of sp³-hybridized carbons (Fsp3) is 0.125. The number of hydrogen-bond acceptors (Lipinski definition) is 3. The van der Waals surface area contributed by atoms with E-state index >= 15 is 0 Å². The molecule has 0 spiro atoms. The van der Waals surface area contributed by atoms with E-state index in [0.29, 0.717) is 17.8 Å². The molecule has 4 nitrogen and oxygen atoms in total. The Bertz CT molecular complexity index is 642. The van der Waals surface area contributed by atoms with Crippen LogP contribution in [-0.4, -0.2) is 5.91 Å². The Labute approximate surface area is 117 Å². The number of anilines is 2. The second-order valence-corrected chi connectivity index (χ2v) is 4.46. The van der Waals surface area contributed by atoms with Crippen molar-refractivity contribution in [3.05, 3.63) is 59.7 Å². The summed E-state index contributed by atoms with van der Waals surface area (Å²) in [5.74, 6) is -0.115. The molecule has 0 bridgehead atoms. The maximum Gasteiger partial charge on any atom is 0.228 e. The Morgan fingerprint density at radius 1 is 1.15 bits per heavy atom. The third kappa shape index (κ3) is 3.59. The predicted octanol–water partition coefficient (Wildman–Crippen LogP) is 2.52. The van der Waals surface area contributed by atoms with E-state index in [4.69, 9.17) is 11.0 Å². The molecule has 2 aromatic rings. The van der Waals surface area contributed by atoms with Gasteiger partial charge in [0.2, 0.25) is 5.91 Å². The highest BCUT2D eigenvalue weighted by Gasteiger charge is 2.06. The molecule has 4 heteroatoms. The molecule has 0 aliphatic rings. The Hall–Kier alpha value is -2.80. The van der Waals surface area contributed by atoms with E-state index in [1.165, 1.54) is 0 Å². The first kappa shape index (κ1) is 13.6. The molecular formula is C16H15N3O. The van der Waals surface area contributed by atoms with Crippen molar-refractivity contribution in [3.63, 3.8) is 0 Å². The molecule has 0 saturated carbocycles. The number of nitrogens with one attached hydrogen (secondary N) is 1. The van der Waals surface area contributed by atoms with E-state index in [9.17, 15) is 4.79 Å². The maximum absolute atomic E-state index is 11.9. The van der Waals surface area contributed by atoms with Crippen molar-refractivity contribution < 1.29 is 4.79 Å². The lowest BCUT2D eigenvalue weighted by Crippen LogP contribution is -2.15. The fourth-order valence-electron chi connectivity index (χ4n) is 1.87. The number of nitrogen functional groups attached to an aromatic ring is 1. The molecule has 0 unspecified atom stereocenters. The van der Waals surface area contributed by atoms with E-state index < -0.39 is 0 Å². The molecule has 0 atom stereocenters. The summed E-state index contributed by atoms with van der Waals surface area (Å²) in [7, 11) is 0. The number of carbonyl (C=O) groups excluding carboxylic acids is 1. The molecule has 20 heavy (non-hydrogen) atoms. The SMILES string of the molecule is N#CCc1ccc(NC(=O)Cc2ccccc2N)cc1. The Morgan fingerprint density at radius 2 is 1.85 bits per heavy atom. The Morgan fingerprint density at radius 3 is 2.50 bits per heavy atom. The third-order valence-corrected chi connectivity index (χ3v) is 2.93. The zero-order chi connectivity index (χ0) is 14.4. The van der Waals surface area contributed by atoms with Gasteiger partial charge in [0.15, 0.2) is 0 Å². The van der Waals surface area contributed by atoms with Gasteiger partial charge in [-0.05, 0) is 29.3 Å². The number of benzene rings is 2. The van der Waals surface area contributed by atoms with Gasteiger partial charge in [0.25, 0.3) is 0 Å². The van der Waals surface area contributed by atoms with Gasteiger partial charge in [0.05, 0.1) is 18.9 Å². The van der Waals surface area contributed by atoms with Crippen LogP contribution in [0, 0.1) is 11.3 Å². The highest BCUT2D eigenvalue weighted by Crippen LogP contribution is 2.14. The van der Waals surface area contributed by atoms with E-state index in [0.717, 1.165) is 11.1 Å². The summed E-state index contributed by atoms with van der Waals surface area (Å²) in [6, 6.07) is 16.6. The van der Waals surface area contributed by atoms with Crippen LogP contribution in [0.1, 0.15) is 11.1 Å². The summed E-state index contributed by atoms with van der Waals surface area (Å²) >= 11 is 0. The summed E-state index contributed by atoms with van der Waals surface area (Å²) < 4.78 is 0. The number of amides is 1. The van der Waals surface area contributed by atoms with Crippen molar-refractivity contribution in [2.45, 2.75) is 12.8 Å². The quantitative estimate of drug-likeness (QED) is 0.834. The fourth-order valence-corrected chi connectivity index (χ4v) is 1.87. The summed E-state index contributed by atoms with van der Waals surface area (Å²) in [5, 5.41) is 11.4. The minimum atomic E-state index is -0.115. The number of carbonyl (C=O) groups is 1. The number of para-hydroxylation sites is 1. The molecule has 0 aliphatic carbocycles. The van der Waals surface area contributed by atoms with Crippen LogP contribution in [0.25, 0.3) is 0 Å². The van der Waals surface area contributed by atoms with Crippen LogP contribution >= 0.6 is 0 Å². The zero-order valence-corrected chi connectivity index (χ0v) is 11.0. The second-order valence-electron chi connectivity index (χ2n) is 4.46. The summed E-state index contributed by atoms with van der Waals surface area (Å²) in [5.41, 5.74) is 8.88. The molecular weight excluding hydrogens is 250 g/mol. The van der Waals surface area contributed by atoms with Crippen molar-refractivity contribution >= 4 is 17.3 Å². The number of nitrogens with two attached hydrogens (primary N) is 1. The van der Waals surface area contributed by atoms with Gasteiger partial charge in [0, 0.05) is 11.4 Å². The molecule has 2 rings (SSSR count). The van der Waals surface area contributed by atoms with Gasteiger partial charge in [0.1, 0.15) is 0 Å². The van der Waals surface area contributed by atoms with Gasteiger partial charge in [-0.15, -0.1) is 0 Å². The van der Waals surface area contributed by atoms with Crippen LogP contribution in [0.15, 0.2) is 48.5 Å². The molecule has 0 fully saturated rings. The van der Waals surface area contributed by atoms with Crippen LogP contribution in [0.5, 0.6) is 0 Å². The van der Waals surface area contributed by atoms with Crippen molar-refractivity contribution in [1.82, 2.24) is 0 Å². The molecule has 100 valence electrons. The molecule has 0 aromatic heterocycles. The van der Waals surface area contributed by atoms with Gasteiger partial charge < -0.3 is 11.1 Å². The van der Waals surface area contributed by atoms with Crippen LogP contribution in [-0.2, 0) is 17.6 Å². The van der Waals surface area contributed by atoms with Crippen LogP contribution in [0.2, 0.25) is 0 Å². The largest absolute Gasteiger partial charge is 0.398 e. The standard InChI is InChI=1S/C16H15N3O/c17-10-9-12-5-7-14(8-6-12)19-16(20)11-13-3-1-2-4-15(13)18/h1-8H,9,11,18H2,(H,19,20). The zero-order valence-electron chi connectivity index (χ0n) is 11.0. The normalized spacial score (nSPS) is 9.75. The average Bonchev–Trinajstić information content (AvgIpc) is 2.44. The number of nitrogens with zero attached hydrogens (tertiary/aromatic N) is 1. The van der Waals surface area contributed by atoms with Crippen LogP contribution in [0.3, 0.4) is 0 Å². The second kappa shape index (κ2) is 6.39. The van der Waals surface area contributed by atoms with Gasteiger partial charge in [-0.25, -0.2) is 0 Å². The minimum absolute atomic E-state index is 0.115. The Kier molecular flexibility index (Phi) is 4.35. The smallest absolute Gasteiger partial charge is 0.228 e. The van der Waals surface area contributed by atoms with E-state index in [-0.39, 0.29) is 12.3 Å². The Balaban J connectivity index is 1.98. The first-order valence-electron chi connectivity index (χ1n) is 6.28. The topological polar surface area (TPSA) is 78.9 Å². The lowest BCUT2D eigenvalue weighted by Gasteiger charge is -2.07. The van der Waals surface area contributed by atoms with Crippen molar-refractivity contribution in [1.29, 1.82) is 5.26 Å². The predicted molar refractivity (Wildman–Crippen MR) is 78.9 cm³/mol. The maximum atomic E-state index is 11.9. The van der Waals surface area contributed by atoms with E-state index in [2.05, 4.69) is 11.4 Å². The van der Waals surface area contributed by atoms with Gasteiger partial charge in [-0.3, -0.25) is 4.79 Å². The molecule has 0 saturated heterocycles. The van der Waals surface area contributed by atoms with Crippen molar-refractivity contribution in [3.8, 4) is 6.07 Å². The highest BCUT2D eigenvalue weighted by molar-refractivity contribution is 5.93. The molecule has 0 radical (unpaired) electrons. The minimum Gasteiger partial charge on any atom is -0.398 e. The molecule has 0 aliphatic heterocycles. The van der Waals surface area contributed by atoms with E-state index in [1.807, 2.05) is 30.3 Å². The average molecular weight is 265 g/mol. The van der Waals surface area contributed by atoms with Crippen LogP contribution in [0.4, 0.5) is 11.4 Å². The number of hydrogen-bond donors (Lipinski definition) is 2. The monoisotopic (exact) mass is 265 g/mol. The number of nitriles is 1. The summed E-state index contributed by atoms with van der Waals surface area (Å²) in [4.78, 5) is 11.9. The molecule has 0 heterocycles. The lowest BCUT2D eigenvalue weighted by atomic mass is 10.1. The van der Waals surface area contributed by atoms with Gasteiger partial charge in [-0.1, -0.05) is 30.3 Å². The third-order valence-electron chi connectivity index (χ3n) is 2.93. The highest BCUT2D eigenvalue weighted by atomic mass is 16.1. The lowest BCUT2D eigenvalue weighted by molar-refractivity contribution is -0.115. The van der Waals surface area contributed by atoms with Crippen molar-refractivity contribution in [2.24, 2.45) is 0 Å². The summed E-state index contributed by atoms with van der Waals surface area (Å²) in [6.07, 6.45) is 0.612. The summed E-state index contributed by atoms with van der Waals surface area (Å²) in [6.45, 7) is 0. The first-order chi connectivity index (χ1) is 9.69. The van der Waals surface area contributed by atoms with Crippen molar-refractivity contribution in [2.75, 3.05) is 11.1 Å². The van der Waals surface area contributed by atoms with E-state index in [1.54, 1.807) is 18.2 Å². The van der Waals surface area contributed by atoms with Gasteiger partial charge in [-0.2, -0.15) is 5.26 Å². The molecule has 1 amide bonds. The molecule has 3 N–H and O–H groups in total.